The molecule has 1 atom stereocenters. The van der Waals surface area contributed by atoms with Crippen molar-refractivity contribution in [2.45, 2.75) is 83.8 Å². The van der Waals surface area contributed by atoms with Gasteiger partial charge in [0.15, 0.2) is 0 Å². The molecule has 40 heavy (non-hydrogen) atoms. The van der Waals surface area contributed by atoms with Gasteiger partial charge in [0.25, 0.3) is 11.5 Å². The van der Waals surface area contributed by atoms with Crippen LogP contribution in [0.4, 0.5) is 8.78 Å². The van der Waals surface area contributed by atoms with Gasteiger partial charge in [-0.15, -0.1) is 0 Å². The van der Waals surface area contributed by atoms with E-state index in [2.05, 4.69) is 29.1 Å². The Morgan fingerprint density at radius 2 is 1.80 bits per heavy atom. The van der Waals surface area contributed by atoms with E-state index in [1.807, 2.05) is 6.92 Å². The zero-order valence-electron chi connectivity index (χ0n) is 22.9. The summed E-state index contributed by atoms with van der Waals surface area (Å²) in [6, 6.07) is 3.17. The Balaban J connectivity index is 1.36. The van der Waals surface area contributed by atoms with Crippen LogP contribution in [0, 0.1) is 17.6 Å². The number of hydrogen-bond donors (Lipinski definition) is 1. The van der Waals surface area contributed by atoms with Gasteiger partial charge >= 0.3 is 5.69 Å². The highest BCUT2D eigenvalue weighted by atomic mass is 19.1. The summed E-state index contributed by atoms with van der Waals surface area (Å²) in [5, 5.41) is 3.06. The molecule has 4 aromatic rings. The first-order chi connectivity index (χ1) is 19.1. The molecule has 1 saturated carbocycles. The van der Waals surface area contributed by atoms with Gasteiger partial charge in [-0.2, -0.15) is 0 Å². The summed E-state index contributed by atoms with van der Waals surface area (Å²) in [7, 11) is 0. The lowest BCUT2D eigenvalue weighted by Crippen LogP contribution is -2.46. The van der Waals surface area contributed by atoms with Crippen molar-refractivity contribution >= 4 is 22.6 Å². The van der Waals surface area contributed by atoms with E-state index in [1.165, 1.54) is 38.1 Å². The Hall–Kier alpha value is -3.89. The van der Waals surface area contributed by atoms with E-state index in [9.17, 15) is 23.2 Å². The first-order valence-corrected chi connectivity index (χ1v) is 13.9. The molecule has 1 unspecified atom stereocenters. The first kappa shape index (κ1) is 27.7. The topological polar surface area (TPSA) is 103 Å². The predicted molar refractivity (Wildman–Crippen MR) is 148 cm³/mol. The number of imidazole rings is 1. The molecule has 0 spiro atoms. The summed E-state index contributed by atoms with van der Waals surface area (Å²) in [6.45, 7) is 6.23. The number of carbonyl (C=O) groups is 1. The molecule has 1 N–H and O–H groups in total. The smallest absolute Gasteiger partial charge is 0.333 e. The van der Waals surface area contributed by atoms with Crippen LogP contribution < -0.4 is 16.6 Å². The summed E-state index contributed by atoms with van der Waals surface area (Å²) in [5.74, 6) is -0.889. The molecule has 0 aromatic carbocycles. The zero-order valence-corrected chi connectivity index (χ0v) is 22.9. The van der Waals surface area contributed by atoms with E-state index in [1.54, 1.807) is 0 Å². The van der Waals surface area contributed by atoms with Crippen LogP contribution in [0.1, 0.15) is 88.3 Å². The number of carbonyl (C=O) groups excluding carboxylic acids is 1. The first-order valence-electron chi connectivity index (χ1n) is 13.9. The number of amides is 1. The number of hydrogen-bond acceptors (Lipinski definition) is 5. The average molecular weight is 553 g/mol. The van der Waals surface area contributed by atoms with E-state index in [4.69, 9.17) is 0 Å². The van der Waals surface area contributed by atoms with Crippen molar-refractivity contribution in [1.29, 1.82) is 0 Å². The van der Waals surface area contributed by atoms with Crippen LogP contribution in [0.15, 0.2) is 46.4 Å². The lowest BCUT2D eigenvalue weighted by atomic mass is 9.90. The van der Waals surface area contributed by atoms with E-state index >= 15 is 0 Å². The van der Waals surface area contributed by atoms with Crippen LogP contribution in [0.3, 0.4) is 0 Å². The summed E-state index contributed by atoms with van der Waals surface area (Å²) in [4.78, 5) is 48.5. The van der Waals surface area contributed by atoms with Crippen LogP contribution in [0.2, 0.25) is 0 Å². The molecule has 0 radical (unpaired) electrons. The fourth-order valence-corrected chi connectivity index (χ4v) is 5.69. The molecular weight excluding hydrogens is 518 g/mol. The van der Waals surface area contributed by atoms with Crippen molar-refractivity contribution in [3.05, 3.63) is 75.0 Å². The van der Waals surface area contributed by atoms with E-state index in [0.29, 0.717) is 37.2 Å². The minimum atomic E-state index is -0.630. The van der Waals surface area contributed by atoms with Crippen LogP contribution in [-0.4, -0.2) is 35.5 Å². The second-order valence-electron chi connectivity index (χ2n) is 11.2. The third-order valence-electron chi connectivity index (χ3n) is 7.81. The molecule has 0 saturated heterocycles. The monoisotopic (exact) mass is 552 g/mol. The molecule has 5 rings (SSSR count). The Morgan fingerprint density at radius 3 is 2.52 bits per heavy atom. The number of nitrogens with one attached hydrogen (secondary N) is 1. The van der Waals surface area contributed by atoms with Crippen molar-refractivity contribution in [1.82, 2.24) is 28.8 Å². The van der Waals surface area contributed by atoms with E-state index in [-0.39, 0.29) is 40.8 Å². The maximum Gasteiger partial charge on any atom is 0.333 e. The molecule has 11 heteroatoms. The average Bonchev–Trinajstić information content (AvgIpc) is 3.33. The summed E-state index contributed by atoms with van der Waals surface area (Å²) in [6.07, 6.45) is 8.52. The van der Waals surface area contributed by atoms with E-state index < -0.39 is 22.9 Å². The Bertz CT molecular complexity index is 1670. The van der Waals surface area contributed by atoms with Gasteiger partial charge in [-0.3, -0.25) is 18.7 Å². The standard InChI is InChI=1S/C29H34F2N6O3/c1-17(2)5-4-6-18(3)36-26-23(13-20(31)14-32-26)28(39)37(29(36)40)22-10-8-21(9-11-22)33-27(38)24-16-35-15-19(30)7-12-25(35)34-24/h7,12-18,21-22H,4-6,8-11H2,1-3H3,(H,33,38)/t18?,21-,22+. The number of rotatable bonds is 8. The van der Waals surface area contributed by atoms with Crippen molar-refractivity contribution in [2.75, 3.05) is 0 Å². The highest BCUT2D eigenvalue weighted by Crippen LogP contribution is 2.28. The summed E-state index contributed by atoms with van der Waals surface area (Å²) >= 11 is 0. The third-order valence-corrected chi connectivity index (χ3v) is 7.81. The number of pyridine rings is 2. The lowest BCUT2D eigenvalue weighted by Gasteiger charge is -2.30. The second-order valence-corrected chi connectivity index (χ2v) is 11.2. The van der Waals surface area contributed by atoms with Crippen molar-refractivity contribution in [2.24, 2.45) is 5.92 Å². The largest absolute Gasteiger partial charge is 0.348 e. The van der Waals surface area contributed by atoms with Gasteiger partial charge < -0.3 is 9.72 Å². The SMILES string of the molecule is CC(C)CCCC(C)n1c(=O)n([C@H]2CC[C@@H](NC(=O)c3cn4cc(F)ccc4n3)CC2)c(=O)c2cc(F)cnc21. The third kappa shape index (κ3) is 5.55. The van der Waals surface area contributed by atoms with Gasteiger partial charge in [0, 0.05) is 30.5 Å². The van der Waals surface area contributed by atoms with Crippen LogP contribution in [0.5, 0.6) is 0 Å². The number of halogens is 2. The Labute approximate surface area is 229 Å². The minimum Gasteiger partial charge on any atom is -0.348 e. The molecule has 1 aliphatic carbocycles. The molecule has 0 aliphatic heterocycles. The van der Waals surface area contributed by atoms with Gasteiger partial charge in [-0.05, 0) is 63.1 Å². The Kier molecular flexibility index (Phi) is 7.82. The molecule has 1 aliphatic rings. The molecule has 9 nitrogen and oxygen atoms in total. The Morgan fingerprint density at radius 1 is 1.05 bits per heavy atom. The van der Waals surface area contributed by atoms with Gasteiger partial charge in [0.05, 0.1) is 11.6 Å². The van der Waals surface area contributed by atoms with Gasteiger partial charge in [-0.25, -0.2) is 23.5 Å². The fraction of sp³-hybridized carbons (Fsp3) is 0.483. The van der Waals surface area contributed by atoms with E-state index in [0.717, 1.165) is 31.5 Å². The maximum atomic E-state index is 14.2. The molecule has 1 fully saturated rings. The maximum absolute atomic E-state index is 14.2. The van der Waals surface area contributed by atoms with Gasteiger partial charge in [-0.1, -0.05) is 26.7 Å². The van der Waals surface area contributed by atoms with Gasteiger partial charge in [0.2, 0.25) is 0 Å². The predicted octanol–water partition coefficient (Wildman–Crippen LogP) is 4.79. The molecule has 0 bridgehead atoms. The van der Waals surface area contributed by atoms with Crippen molar-refractivity contribution in [3.63, 3.8) is 0 Å². The molecular formula is C29H34F2N6O3. The summed E-state index contributed by atoms with van der Waals surface area (Å²) < 4.78 is 31.9. The minimum absolute atomic E-state index is 0.0917. The van der Waals surface area contributed by atoms with Crippen LogP contribution in [-0.2, 0) is 0 Å². The second kappa shape index (κ2) is 11.3. The zero-order chi connectivity index (χ0) is 28.6. The highest BCUT2D eigenvalue weighted by Gasteiger charge is 2.29. The molecule has 4 heterocycles. The number of aromatic nitrogens is 5. The van der Waals surface area contributed by atoms with Crippen LogP contribution >= 0.6 is 0 Å². The van der Waals surface area contributed by atoms with Crippen LogP contribution in [0.25, 0.3) is 16.7 Å². The quantitative estimate of drug-likeness (QED) is 0.339. The number of fused-ring (bicyclic) bond motifs is 2. The summed E-state index contributed by atoms with van der Waals surface area (Å²) in [5.41, 5.74) is -0.118. The molecule has 1 amide bonds. The molecule has 4 aromatic heterocycles. The number of nitrogens with zero attached hydrogens (tertiary/aromatic N) is 5. The van der Waals surface area contributed by atoms with Crippen molar-refractivity contribution < 1.29 is 13.6 Å². The lowest BCUT2D eigenvalue weighted by molar-refractivity contribution is 0.0917. The van der Waals surface area contributed by atoms with Gasteiger partial charge in [0.1, 0.15) is 28.6 Å². The molecule has 212 valence electrons. The normalized spacial score (nSPS) is 18.4. The fourth-order valence-electron chi connectivity index (χ4n) is 5.69. The highest BCUT2D eigenvalue weighted by molar-refractivity contribution is 5.93. The van der Waals surface area contributed by atoms with Crippen molar-refractivity contribution in [3.8, 4) is 0 Å².